The number of hydrogen-bond acceptors (Lipinski definition) is 5. The van der Waals surface area contributed by atoms with Crippen LogP contribution in [0.2, 0.25) is 0 Å². The van der Waals surface area contributed by atoms with Gasteiger partial charge in [0.1, 0.15) is 5.75 Å². The van der Waals surface area contributed by atoms with Gasteiger partial charge in [0.15, 0.2) is 12.6 Å². The highest BCUT2D eigenvalue weighted by Gasteiger charge is 2.19. The molecule has 1 amide bonds. The fraction of sp³-hybridized carbons (Fsp3) is 0.600. The van der Waals surface area contributed by atoms with E-state index in [4.69, 9.17) is 20.2 Å². The summed E-state index contributed by atoms with van der Waals surface area (Å²) >= 11 is 0. The molecule has 0 aromatic heterocycles. The summed E-state index contributed by atoms with van der Waals surface area (Å²) in [7, 11) is 1.74. The van der Waals surface area contributed by atoms with Crippen LogP contribution in [0.15, 0.2) is 29.3 Å². The number of methoxy groups -OCH3 is 1. The topological polar surface area (TPSA) is 101 Å². The summed E-state index contributed by atoms with van der Waals surface area (Å²) in [6.07, 6.45) is 2.18. The Morgan fingerprint density at radius 3 is 2.82 bits per heavy atom. The molecule has 0 bridgehead atoms. The summed E-state index contributed by atoms with van der Waals surface area (Å²) in [5.74, 6) is 0.949. The molecule has 0 saturated carbocycles. The molecule has 1 aromatic carbocycles. The number of rotatable bonds is 10. The highest BCUT2D eigenvalue weighted by atomic mass is 16.5. The maximum atomic E-state index is 10.9. The van der Waals surface area contributed by atoms with E-state index in [0.717, 1.165) is 57.2 Å². The van der Waals surface area contributed by atoms with Crippen molar-refractivity contribution in [3.05, 3.63) is 29.8 Å². The third-order valence-electron chi connectivity index (χ3n) is 4.58. The monoisotopic (exact) mass is 391 g/mol. The number of ether oxygens (including phenoxy) is 2. The number of primary amides is 1. The lowest BCUT2D eigenvalue weighted by Crippen LogP contribution is -2.49. The van der Waals surface area contributed by atoms with E-state index in [1.165, 1.54) is 0 Å². The van der Waals surface area contributed by atoms with Crippen molar-refractivity contribution >= 4 is 11.9 Å². The van der Waals surface area contributed by atoms with Crippen LogP contribution in [0, 0.1) is 0 Å². The van der Waals surface area contributed by atoms with Gasteiger partial charge < -0.3 is 30.7 Å². The van der Waals surface area contributed by atoms with E-state index in [9.17, 15) is 4.79 Å². The number of nitrogens with zero attached hydrogens (tertiary/aromatic N) is 2. The summed E-state index contributed by atoms with van der Waals surface area (Å²) in [6.45, 7) is 7.17. The second kappa shape index (κ2) is 12.2. The lowest BCUT2D eigenvalue weighted by atomic mass is 10.1. The van der Waals surface area contributed by atoms with Crippen molar-refractivity contribution in [2.45, 2.75) is 32.4 Å². The Morgan fingerprint density at radius 2 is 2.14 bits per heavy atom. The summed E-state index contributed by atoms with van der Waals surface area (Å²) in [4.78, 5) is 18.0. The molecule has 8 heteroatoms. The molecule has 1 aromatic rings. The summed E-state index contributed by atoms with van der Waals surface area (Å²) in [5.41, 5.74) is 6.13. The summed E-state index contributed by atoms with van der Waals surface area (Å²) in [6, 6.07) is 7.97. The first-order chi connectivity index (χ1) is 13.6. The number of amides is 1. The Bertz CT molecular complexity index is 630. The number of hydrogen-bond donors (Lipinski definition) is 3. The normalized spacial score (nSPS) is 16.0. The molecule has 8 nitrogen and oxygen atoms in total. The molecule has 0 unspecified atom stereocenters. The Labute approximate surface area is 167 Å². The fourth-order valence-electron chi connectivity index (χ4n) is 3.09. The van der Waals surface area contributed by atoms with Crippen LogP contribution in [-0.4, -0.2) is 69.3 Å². The van der Waals surface area contributed by atoms with E-state index in [-0.39, 0.29) is 6.61 Å². The van der Waals surface area contributed by atoms with Gasteiger partial charge >= 0.3 is 0 Å². The predicted molar refractivity (Wildman–Crippen MR) is 110 cm³/mol. The highest BCUT2D eigenvalue weighted by Crippen LogP contribution is 2.14. The van der Waals surface area contributed by atoms with Gasteiger partial charge in [0.25, 0.3) is 5.91 Å². The third kappa shape index (κ3) is 8.14. The molecule has 0 radical (unpaired) electrons. The Hall–Kier alpha value is -2.32. The molecular formula is C20H33N5O3. The predicted octanol–water partition coefficient (Wildman–Crippen LogP) is 0.717. The van der Waals surface area contributed by atoms with E-state index >= 15 is 0 Å². The number of guanidine groups is 1. The van der Waals surface area contributed by atoms with Crippen LogP contribution >= 0.6 is 0 Å². The number of carbonyl (C=O) groups is 1. The molecule has 0 atom stereocenters. The number of benzene rings is 1. The minimum atomic E-state index is -0.490. The van der Waals surface area contributed by atoms with E-state index in [2.05, 4.69) is 22.5 Å². The Morgan fingerprint density at radius 1 is 1.36 bits per heavy atom. The Balaban J connectivity index is 1.87. The van der Waals surface area contributed by atoms with Gasteiger partial charge in [0, 0.05) is 39.3 Å². The molecule has 28 heavy (non-hydrogen) atoms. The SMILES string of the molecule is CCNC(=NCc1cccc(OCC(N)=O)c1)NC1CCN(CCOC)CC1. The van der Waals surface area contributed by atoms with Gasteiger partial charge in [-0.2, -0.15) is 0 Å². The first-order valence-electron chi connectivity index (χ1n) is 9.87. The van der Waals surface area contributed by atoms with Crippen LogP contribution in [-0.2, 0) is 16.1 Å². The van der Waals surface area contributed by atoms with Crippen LogP contribution in [0.1, 0.15) is 25.3 Å². The summed E-state index contributed by atoms with van der Waals surface area (Å²) < 4.78 is 10.5. The van der Waals surface area contributed by atoms with E-state index < -0.39 is 5.91 Å². The van der Waals surface area contributed by atoms with Gasteiger partial charge in [-0.3, -0.25) is 4.79 Å². The highest BCUT2D eigenvalue weighted by molar-refractivity contribution is 5.80. The number of likely N-dealkylation sites (tertiary alicyclic amines) is 1. The van der Waals surface area contributed by atoms with Crippen molar-refractivity contribution in [2.24, 2.45) is 10.7 Å². The first kappa shape index (κ1) is 22.0. The van der Waals surface area contributed by atoms with Crippen LogP contribution in [0.5, 0.6) is 5.75 Å². The third-order valence-corrected chi connectivity index (χ3v) is 4.58. The van der Waals surface area contributed by atoms with Crippen molar-refractivity contribution in [2.75, 3.05) is 46.5 Å². The summed E-state index contributed by atoms with van der Waals surface area (Å²) in [5, 5.41) is 6.86. The molecule has 0 spiro atoms. The lowest BCUT2D eigenvalue weighted by Gasteiger charge is -2.32. The number of nitrogens with one attached hydrogen (secondary N) is 2. The zero-order valence-electron chi connectivity index (χ0n) is 16.9. The van der Waals surface area contributed by atoms with Crippen molar-refractivity contribution in [3.8, 4) is 5.75 Å². The minimum absolute atomic E-state index is 0.125. The number of aliphatic imine (C=N–C) groups is 1. The van der Waals surface area contributed by atoms with Crippen molar-refractivity contribution in [1.82, 2.24) is 15.5 Å². The second-order valence-corrected chi connectivity index (χ2v) is 6.85. The van der Waals surface area contributed by atoms with Crippen LogP contribution in [0.25, 0.3) is 0 Å². The average Bonchev–Trinajstić information content (AvgIpc) is 2.70. The molecule has 1 aliphatic heterocycles. The number of piperidine rings is 1. The quantitative estimate of drug-likeness (QED) is 0.401. The molecule has 1 saturated heterocycles. The van der Waals surface area contributed by atoms with Crippen molar-refractivity contribution < 1.29 is 14.3 Å². The van der Waals surface area contributed by atoms with E-state index in [1.807, 2.05) is 18.2 Å². The van der Waals surface area contributed by atoms with Crippen LogP contribution in [0.4, 0.5) is 0 Å². The standard InChI is InChI=1S/C20H33N5O3/c1-3-22-20(24-17-7-9-25(10-8-17)11-12-27-2)23-14-16-5-4-6-18(13-16)28-15-19(21)26/h4-6,13,17H,3,7-12,14-15H2,1-2H3,(H2,21,26)(H2,22,23,24). The maximum Gasteiger partial charge on any atom is 0.255 e. The zero-order chi connectivity index (χ0) is 20.2. The number of carbonyl (C=O) groups excluding carboxylic acids is 1. The van der Waals surface area contributed by atoms with Gasteiger partial charge in [-0.15, -0.1) is 0 Å². The molecule has 2 rings (SSSR count). The molecule has 4 N–H and O–H groups in total. The average molecular weight is 392 g/mol. The van der Waals surface area contributed by atoms with Gasteiger partial charge in [-0.1, -0.05) is 12.1 Å². The maximum absolute atomic E-state index is 10.9. The molecular weight excluding hydrogens is 358 g/mol. The largest absolute Gasteiger partial charge is 0.484 e. The van der Waals surface area contributed by atoms with E-state index in [0.29, 0.717) is 18.3 Å². The van der Waals surface area contributed by atoms with Crippen molar-refractivity contribution in [3.63, 3.8) is 0 Å². The van der Waals surface area contributed by atoms with Crippen molar-refractivity contribution in [1.29, 1.82) is 0 Å². The number of nitrogens with two attached hydrogens (primary N) is 1. The smallest absolute Gasteiger partial charge is 0.255 e. The molecule has 156 valence electrons. The van der Waals surface area contributed by atoms with Crippen LogP contribution < -0.4 is 21.1 Å². The molecule has 0 aliphatic carbocycles. The molecule has 1 heterocycles. The van der Waals surface area contributed by atoms with Gasteiger partial charge in [-0.25, -0.2) is 4.99 Å². The van der Waals surface area contributed by atoms with E-state index in [1.54, 1.807) is 13.2 Å². The first-order valence-corrected chi connectivity index (χ1v) is 9.87. The molecule has 1 fully saturated rings. The minimum Gasteiger partial charge on any atom is -0.484 e. The lowest BCUT2D eigenvalue weighted by molar-refractivity contribution is -0.119. The second-order valence-electron chi connectivity index (χ2n) is 6.85. The van der Waals surface area contributed by atoms with Gasteiger partial charge in [-0.05, 0) is 37.5 Å². The Kier molecular flexibility index (Phi) is 9.57. The molecule has 1 aliphatic rings. The van der Waals surface area contributed by atoms with Gasteiger partial charge in [0.2, 0.25) is 0 Å². The van der Waals surface area contributed by atoms with Crippen LogP contribution in [0.3, 0.4) is 0 Å². The van der Waals surface area contributed by atoms with Gasteiger partial charge in [0.05, 0.1) is 13.2 Å². The fourth-order valence-corrected chi connectivity index (χ4v) is 3.09. The zero-order valence-corrected chi connectivity index (χ0v) is 16.9.